The number of urea groups is 1. The van der Waals surface area contributed by atoms with E-state index in [-0.39, 0.29) is 5.91 Å². The molecule has 0 saturated carbocycles. The number of anilines is 1. The Morgan fingerprint density at radius 1 is 1.11 bits per heavy atom. The molecule has 1 heterocycles. The maximum atomic E-state index is 12.3. The number of nitrogens with one attached hydrogen (secondary N) is 1. The van der Waals surface area contributed by atoms with Crippen LogP contribution >= 0.6 is 0 Å². The van der Waals surface area contributed by atoms with Crippen molar-refractivity contribution >= 4 is 17.6 Å². The smallest absolute Gasteiger partial charge is 0.329 e. The second-order valence-corrected chi connectivity index (χ2v) is 5.88. The van der Waals surface area contributed by atoms with Gasteiger partial charge >= 0.3 is 6.03 Å². The first-order valence-corrected chi connectivity index (χ1v) is 8.66. The summed E-state index contributed by atoms with van der Waals surface area (Å²) in [5.74, 6) is 1.25. The fourth-order valence-electron chi connectivity index (χ4n) is 2.79. The molecule has 2 aromatic rings. The molecule has 1 saturated heterocycles. The molecule has 1 atom stereocenters. The van der Waals surface area contributed by atoms with Crippen LogP contribution in [0, 0.1) is 11.3 Å². The van der Waals surface area contributed by atoms with E-state index >= 15 is 0 Å². The quantitative estimate of drug-likeness (QED) is 0.790. The lowest BCUT2D eigenvalue weighted by Crippen LogP contribution is -2.31. The van der Waals surface area contributed by atoms with E-state index in [1.165, 1.54) is 0 Å². The number of hydrogen-bond acceptors (Lipinski definition) is 5. The van der Waals surface area contributed by atoms with Crippen molar-refractivity contribution in [3.8, 4) is 23.3 Å². The summed E-state index contributed by atoms with van der Waals surface area (Å²) in [6.07, 6.45) is 0.545. The van der Waals surface area contributed by atoms with Crippen molar-refractivity contribution < 1.29 is 19.1 Å². The van der Waals surface area contributed by atoms with Crippen molar-refractivity contribution in [2.45, 2.75) is 26.3 Å². The van der Waals surface area contributed by atoms with Crippen LogP contribution < -0.4 is 19.7 Å². The van der Waals surface area contributed by atoms with Crippen LogP contribution in [0.25, 0.3) is 0 Å². The van der Waals surface area contributed by atoms with Crippen LogP contribution in [0.2, 0.25) is 0 Å². The van der Waals surface area contributed by atoms with Gasteiger partial charge in [-0.3, -0.25) is 4.79 Å². The number of nitrogens with zero attached hydrogens (tertiary/aromatic N) is 2. The van der Waals surface area contributed by atoms with Gasteiger partial charge in [0.1, 0.15) is 29.4 Å². The fourth-order valence-corrected chi connectivity index (χ4v) is 2.79. The van der Waals surface area contributed by atoms with Gasteiger partial charge in [0.25, 0.3) is 5.91 Å². The molecule has 7 nitrogen and oxygen atoms in total. The van der Waals surface area contributed by atoms with E-state index in [9.17, 15) is 9.59 Å². The van der Waals surface area contributed by atoms with Crippen LogP contribution in [0.5, 0.6) is 17.2 Å². The SMILES string of the molecule is CCOc1cc(Oc2ccc(N3C(=O)N[C@H](CC)C3=O)cc2)ccc1C#N. The van der Waals surface area contributed by atoms with Crippen LogP contribution in [0.4, 0.5) is 10.5 Å². The lowest BCUT2D eigenvalue weighted by atomic mass is 10.2. The zero-order valence-electron chi connectivity index (χ0n) is 15.1. The van der Waals surface area contributed by atoms with E-state index in [0.29, 0.717) is 41.5 Å². The highest BCUT2D eigenvalue weighted by Gasteiger charge is 2.37. The second-order valence-electron chi connectivity index (χ2n) is 5.88. The van der Waals surface area contributed by atoms with E-state index in [2.05, 4.69) is 11.4 Å². The highest BCUT2D eigenvalue weighted by molar-refractivity contribution is 6.21. The minimum absolute atomic E-state index is 0.260. The van der Waals surface area contributed by atoms with Crippen molar-refractivity contribution in [3.63, 3.8) is 0 Å². The van der Waals surface area contributed by atoms with Crippen LogP contribution in [-0.4, -0.2) is 24.6 Å². The average Bonchev–Trinajstić information content (AvgIpc) is 2.96. The molecule has 0 spiro atoms. The molecule has 0 aromatic heterocycles. The van der Waals surface area contributed by atoms with Gasteiger partial charge in [0.15, 0.2) is 0 Å². The zero-order valence-corrected chi connectivity index (χ0v) is 15.1. The maximum absolute atomic E-state index is 12.3. The van der Waals surface area contributed by atoms with Crippen molar-refractivity contribution in [1.82, 2.24) is 5.32 Å². The van der Waals surface area contributed by atoms with E-state index in [1.807, 2.05) is 13.8 Å². The molecule has 0 unspecified atom stereocenters. The number of benzene rings is 2. The van der Waals surface area contributed by atoms with Crippen LogP contribution in [0.3, 0.4) is 0 Å². The molecular formula is C20H19N3O4. The molecule has 138 valence electrons. The first-order chi connectivity index (χ1) is 13.1. The highest BCUT2D eigenvalue weighted by Crippen LogP contribution is 2.30. The number of amides is 3. The van der Waals surface area contributed by atoms with Gasteiger partial charge in [0.05, 0.1) is 17.9 Å². The Kier molecular flexibility index (Phi) is 5.27. The number of ether oxygens (including phenoxy) is 2. The van der Waals surface area contributed by atoms with Crippen LogP contribution in [0.15, 0.2) is 42.5 Å². The Labute approximate surface area is 157 Å². The van der Waals surface area contributed by atoms with Gasteiger partial charge in [0, 0.05) is 6.07 Å². The summed E-state index contributed by atoms with van der Waals surface area (Å²) in [6.45, 7) is 4.13. The van der Waals surface area contributed by atoms with Gasteiger partial charge in [0.2, 0.25) is 0 Å². The predicted molar refractivity (Wildman–Crippen MR) is 98.9 cm³/mol. The molecule has 3 amide bonds. The average molecular weight is 365 g/mol. The summed E-state index contributed by atoms with van der Waals surface area (Å²) < 4.78 is 11.2. The molecule has 1 aliphatic rings. The summed E-state index contributed by atoms with van der Waals surface area (Å²) in [6, 6.07) is 12.8. The van der Waals surface area contributed by atoms with Crippen LogP contribution in [-0.2, 0) is 4.79 Å². The molecule has 27 heavy (non-hydrogen) atoms. The monoisotopic (exact) mass is 365 g/mol. The first kappa shape index (κ1) is 18.3. The van der Waals surface area contributed by atoms with Crippen molar-refractivity contribution in [1.29, 1.82) is 5.26 Å². The molecule has 3 rings (SSSR count). The molecular weight excluding hydrogens is 346 g/mol. The Morgan fingerprint density at radius 3 is 2.41 bits per heavy atom. The van der Waals surface area contributed by atoms with Crippen LogP contribution in [0.1, 0.15) is 25.8 Å². The van der Waals surface area contributed by atoms with Gasteiger partial charge in [-0.2, -0.15) is 5.26 Å². The summed E-state index contributed by atoms with van der Waals surface area (Å²) in [5, 5.41) is 11.8. The number of imide groups is 1. The largest absolute Gasteiger partial charge is 0.492 e. The molecule has 7 heteroatoms. The number of hydrogen-bond donors (Lipinski definition) is 1. The van der Waals surface area contributed by atoms with E-state index < -0.39 is 12.1 Å². The maximum Gasteiger partial charge on any atom is 0.329 e. The predicted octanol–water partition coefficient (Wildman–Crippen LogP) is 3.58. The minimum Gasteiger partial charge on any atom is -0.492 e. The third-order valence-corrected chi connectivity index (χ3v) is 4.13. The van der Waals surface area contributed by atoms with E-state index in [4.69, 9.17) is 14.7 Å². The van der Waals surface area contributed by atoms with Gasteiger partial charge in [-0.25, -0.2) is 9.69 Å². The van der Waals surface area contributed by atoms with Gasteiger partial charge in [-0.1, -0.05) is 6.92 Å². The number of carbonyl (C=O) groups is 2. The Morgan fingerprint density at radius 2 is 1.81 bits per heavy atom. The van der Waals surface area contributed by atoms with Crippen molar-refractivity contribution in [2.75, 3.05) is 11.5 Å². The molecule has 0 aliphatic carbocycles. The standard InChI is InChI=1S/C20H19N3O4/c1-3-17-19(24)23(20(25)22-17)14-6-9-15(10-7-14)27-16-8-5-13(12-21)18(11-16)26-4-2/h5-11,17H,3-4H2,1-2H3,(H,22,25)/t17-/m1/s1. The third kappa shape index (κ3) is 3.70. The molecule has 1 fully saturated rings. The van der Waals surface area contributed by atoms with Gasteiger partial charge < -0.3 is 14.8 Å². The van der Waals surface area contributed by atoms with Crippen molar-refractivity contribution in [2.24, 2.45) is 0 Å². The Bertz CT molecular complexity index is 902. The molecule has 1 N–H and O–H groups in total. The molecule has 2 aromatic carbocycles. The van der Waals surface area contributed by atoms with E-state index in [1.54, 1.807) is 42.5 Å². The summed E-state index contributed by atoms with van der Waals surface area (Å²) >= 11 is 0. The summed E-state index contributed by atoms with van der Waals surface area (Å²) in [4.78, 5) is 25.4. The van der Waals surface area contributed by atoms with Crippen molar-refractivity contribution in [3.05, 3.63) is 48.0 Å². The van der Waals surface area contributed by atoms with Gasteiger partial charge in [-0.05, 0) is 49.7 Å². The first-order valence-electron chi connectivity index (χ1n) is 8.66. The summed E-state index contributed by atoms with van der Waals surface area (Å²) in [5.41, 5.74) is 0.916. The fraction of sp³-hybridized carbons (Fsp3) is 0.250. The zero-order chi connectivity index (χ0) is 19.4. The lowest BCUT2D eigenvalue weighted by molar-refractivity contribution is -0.118. The highest BCUT2D eigenvalue weighted by atomic mass is 16.5. The molecule has 0 bridgehead atoms. The second kappa shape index (κ2) is 7.79. The molecule has 0 radical (unpaired) electrons. The Hall–Kier alpha value is -3.53. The minimum atomic E-state index is -0.482. The number of rotatable bonds is 6. The number of nitriles is 1. The number of carbonyl (C=O) groups excluding carboxylic acids is 2. The Balaban J connectivity index is 1.77. The van der Waals surface area contributed by atoms with E-state index in [0.717, 1.165) is 4.90 Å². The normalized spacial score (nSPS) is 16.0. The summed E-state index contributed by atoms with van der Waals surface area (Å²) in [7, 11) is 0. The third-order valence-electron chi connectivity index (χ3n) is 4.13. The lowest BCUT2D eigenvalue weighted by Gasteiger charge is -2.14. The topological polar surface area (TPSA) is 91.7 Å². The molecule has 1 aliphatic heterocycles. The van der Waals surface area contributed by atoms with Gasteiger partial charge in [-0.15, -0.1) is 0 Å².